The zero-order valence-corrected chi connectivity index (χ0v) is 10.1. The van der Waals surface area contributed by atoms with Gasteiger partial charge in [-0.2, -0.15) is 0 Å². The van der Waals surface area contributed by atoms with Crippen molar-refractivity contribution in [3.05, 3.63) is 23.3 Å². The lowest BCUT2D eigenvalue weighted by Gasteiger charge is -2.18. The lowest BCUT2D eigenvalue weighted by atomic mass is 10.1. The van der Waals surface area contributed by atoms with Crippen molar-refractivity contribution >= 4 is 22.7 Å². The molecule has 0 heterocycles. The van der Waals surface area contributed by atoms with Crippen LogP contribution in [0.2, 0.25) is 0 Å². The number of carboxylic acids is 1. The molecule has 17 heavy (non-hydrogen) atoms. The van der Waals surface area contributed by atoms with E-state index in [0.29, 0.717) is 0 Å². The molecule has 0 saturated heterocycles. The molecular weight excluding hydrogens is 246 g/mol. The van der Waals surface area contributed by atoms with Gasteiger partial charge in [-0.1, -0.05) is 0 Å². The van der Waals surface area contributed by atoms with E-state index in [1.54, 1.807) is 0 Å². The molecule has 2 unspecified atom stereocenters. The molecule has 2 atom stereocenters. The van der Waals surface area contributed by atoms with Crippen LogP contribution in [0.1, 0.15) is 28.1 Å². The number of hydrogen-bond donors (Lipinski definition) is 2. The van der Waals surface area contributed by atoms with E-state index in [1.165, 1.54) is 26.2 Å². The van der Waals surface area contributed by atoms with E-state index in [-0.39, 0.29) is 22.6 Å². The molecule has 6 nitrogen and oxygen atoms in total. The van der Waals surface area contributed by atoms with E-state index in [9.17, 15) is 13.6 Å². The predicted molar refractivity (Wildman–Crippen MR) is 61.7 cm³/mol. The third kappa shape index (κ3) is 2.75. The van der Waals surface area contributed by atoms with Crippen molar-refractivity contribution in [1.29, 1.82) is 0 Å². The third-order valence-corrected chi connectivity index (χ3v) is 3.19. The van der Waals surface area contributed by atoms with Crippen LogP contribution >= 0.6 is 0 Å². The second-order valence-electron chi connectivity index (χ2n) is 3.39. The van der Waals surface area contributed by atoms with Crippen LogP contribution in [0, 0.1) is 0 Å². The monoisotopic (exact) mass is 258 g/mol. The molecule has 0 aliphatic rings. The summed E-state index contributed by atoms with van der Waals surface area (Å²) in [4.78, 5) is 11.0. The molecule has 0 saturated carbocycles. The molecule has 0 spiro atoms. The minimum atomic E-state index is -2.37. The number of nitrogen functional groups attached to an aromatic ring is 1. The fourth-order valence-electron chi connectivity index (χ4n) is 1.40. The first kappa shape index (κ1) is 13.5. The van der Waals surface area contributed by atoms with Gasteiger partial charge in [0.15, 0.2) is 0 Å². The molecule has 94 valence electrons. The van der Waals surface area contributed by atoms with E-state index in [0.717, 1.165) is 0 Å². The van der Waals surface area contributed by atoms with Crippen molar-refractivity contribution in [2.45, 2.75) is 12.2 Å². The van der Waals surface area contributed by atoms with Crippen molar-refractivity contribution in [3.63, 3.8) is 0 Å². The van der Waals surface area contributed by atoms with Crippen LogP contribution in [0.5, 0.6) is 5.75 Å². The highest BCUT2D eigenvalue weighted by Gasteiger charge is 2.18. The molecular formula is C10H12NO5S-. The quantitative estimate of drug-likeness (QED) is 0.613. The summed E-state index contributed by atoms with van der Waals surface area (Å²) in [6.45, 7) is 1.42. The molecule has 3 N–H and O–H groups in total. The summed E-state index contributed by atoms with van der Waals surface area (Å²) >= 11 is -2.37. The Morgan fingerprint density at radius 2 is 2.18 bits per heavy atom. The minimum Gasteiger partial charge on any atom is -0.772 e. The maximum absolute atomic E-state index is 11.0. The van der Waals surface area contributed by atoms with Crippen LogP contribution in [0.25, 0.3) is 0 Å². The Kier molecular flexibility index (Phi) is 4.08. The molecule has 0 aliphatic heterocycles. The smallest absolute Gasteiger partial charge is 0.339 e. The van der Waals surface area contributed by atoms with Crippen molar-refractivity contribution < 1.29 is 23.4 Å². The summed E-state index contributed by atoms with van der Waals surface area (Å²) in [6, 6.07) is 2.53. The van der Waals surface area contributed by atoms with Gasteiger partial charge in [0.2, 0.25) is 0 Å². The Labute approximate surface area is 101 Å². The van der Waals surface area contributed by atoms with Gasteiger partial charge < -0.3 is 20.1 Å². The van der Waals surface area contributed by atoms with Gasteiger partial charge in [-0.25, -0.2) is 4.79 Å². The van der Waals surface area contributed by atoms with Crippen LogP contribution in [-0.4, -0.2) is 26.9 Å². The number of carbonyl (C=O) groups is 1. The third-order valence-electron chi connectivity index (χ3n) is 2.36. The molecule has 0 amide bonds. The Morgan fingerprint density at radius 3 is 2.59 bits per heavy atom. The first-order chi connectivity index (χ1) is 7.88. The second kappa shape index (κ2) is 5.15. The summed E-state index contributed by atoms with van der Waals surface area (Å²) in [5.74, 6) is -1.10. The molecule has 1 aromatic carbocycles. The van der Waals surface area contributed by atoms with Crippen LogP contribution in [0.15, 0.2) is 12.1 Å². The van der Waals surface area contributed by atoms with Crippen molar-refractivity contribution in [2.24, 2.45) is 0 Å². The van der Waals surface area contributed by atoms with Gasteiger partial charge in [-0.05, 0) is 29.6 Å². The maximum Gasteiger partial charge on any atom is 0.339 e. The van der Waals surface area contributed by atoms with Gasteiger partial charge in [0.1, 0.15) is 11.3 Å². The Morgan fingerprint density at radius 1 is 1.59 bits per heavy atom. The summed E-state index contributed by atoms with van der Waals surface area (Å²) in [5.41, 5.74) is 5.97. The average Bonchev–Trinajstić information content (AvgIpc) is 2.27. The first-order valence-corrected chi connectivity index (χ1v) is 5.81. The molecule has 1 rings (SSSR count). The zero-order valence-electron chi connectivity index (χ0n) is 9.30. The van der Waals surface area contributed by atoms with Gasteiger partial charge in [0.25, 0.3) is 0 Å². The highest BCUT2D eigenvalue weighted by molar-refractivity contribution is 7.79. The minimum absolute atomic E-state index is 0.0997. The van der Waals surface area contributed by atoms with Gasteiger partial charge in [0, 0.05) is 17.0 Å². The molecule has 7 heteroatoms. The van der Waals surface area contributed by atoms with Crippen molar-refractivity contribution in [3.8, 4) is 5.75 Å². The van der Waals surface area contributed by atoms with Gasteiger partial charge >= 0.3 is 5.97 Å². The number of methoxy groups -OCH3 is 1. The summed E-state index contributed by atoms with van der Waals surface area (Å²) in [7, 11) is 1.32. The largest absolute Gasteiger partial charge is 0.772 e. The van der Waals surface area contributed by atoms with Crippen molar-refractivity contribution in [2.75, 3.05) is 12.8 Å². The summed E-state index contributed by atoms with van der Waals surface area (Å²) in [5, 5.41) is 8.08. The molecule has 0 bridgehead atoms. The zero-order chi connectivity index (χ0) is 13.2. The highest BCUT2D eigenvalue weighted by atomic mass is 32.2. The van der Waals surface area contributed by atoms with Gasteiger partial charge in [-0.3, -0.25) is 4.21 Å². The lowest BCUT2D eigenvalue weighted by molar-refractivity contribution is 0.0693. The maximum atomic E-state index is 11.0. The summed E-state index contributed by atoms with van der Waals surface area (Å²) in [6.07, 6.45) is 0. The topological polar surface area (TPSA) is 113 Å². The molecule has 0 aromatic heterocycles. The molecule has 1 aromatic rings. The lowest BCUT2D eigenvalue weighted by Crippen LogP contribution is -2.09. The van der Waals surface area contributed by atoms with Crippen LogP contribution < -0.4 is 10.5 Å². The first-order valence-electron chi connectivity index (χ1n) is 4.67. The number of benzene rings is 1. The van der Waals surface area contributed by atoms with Crippen LogP contribution in [-0.2, 0) is 11.1 Å². The SMILES string of the molecule is COc1cc(N)c(C(C)S(=O)[O-])cc1C(=O)O. The predicted octanol–water partition coefficient (Wildman–Crippen LogP) is 0.916. The van der Waals surface area contributed by atoms with Crippen molar-refractivity contribution in [1.82, 2.24) is 0 Å². The molecule has 0 aliphatic carbocycles. The Bertz CT molecular complexity index is 474. The van der Waals surface area contributed by atoms with Crippen LogP contribution in [0.4, 0.5) is 5.69 Å². The van der Waals surface area contributed by atoms with E-state index in [2.05, 4.69) is 0 Å². The number of aromatic carboxylic acids is 1. The number of carboxylic acid groups (broad SMARTS) is 1. The number of anilines is 1. The standard InChI is InChI=1S/C10H13NO5S/c1-5(17(14)15)6-3-7(10(12)13)9(16-2)4-8(6)11/h3-5H,11H2,1-2H3,(H,12,13)(H,14,15)/p-1. The fraction of sp³-hybridized carbons (Fsp3) is 0.300. The second-order valence-corrected chi connectivity index (χ2v) is 4.62. The highest BCUT2D eigenvalue weighted by Crippen LogP contribution is 2.31. The number of ether oxygens (including phenoxy) is 1. The van der Waals surface area contributed by atoms with E-state index < -0.39 is 22.3 Å². The molecule has 0 radical (unpaired) electrons. The van der Waals surface area contributed by atoms with E-state index in [4.69, 9.17) is 15.6 Å². The number of rotatable bonds is 4. The van der Waals surface area contributed by atoms with Gasteiger partial charge in [0.05, 0.1) is 7.11 Å². The molecule has 0 fully saturated rings. The fourth-order valence-corrected chi connectivity index (χ4v) is 1.82. The Hall–Kier alpha value is -1.60. The van der Waals surface area contributed by atoms with E-state index >= 15 is 0 Å². The number of nitrogens with two attached hydrogens (primary N) is 1. The average molecular weight is 258 g/mol. The van der Waals surface area contributed by atoms with Gasteiger partial charge in [-0.15, -0.1) is 0 Å². The number of hydrogen-bond acceptors (Lipinski definition) is 5. The Balaban J connectivity index is 3.39. The van der Waals surface area contributed by atoms with E-state index in [1.807, 2.05) is 0 Å². The summed E-state index contributed by atoms with van der Waals surface area (Å²) < 4.78 is 26.6. The van der Waals surface area contributed by atoms with Crippen LogP contribution in [0.3, 0.4) is 0 Å². The normalized spacial score (nSPS) is 14.1.